The average molecular weight is 376 g/mol. The Morgan fingerprint density at radius 1 is 1.17 bits per heavy atom. The molecule has 1 heterocycles. The first-order valence-corrected chi connectivity index (χ1v) is 6.52. The van der Waals surface area contributed by atoms with Crippen LogP contribution in [0.3, 0.4) is 0 Å². The van der Waals surface area contributed by atoms with Gasteiger partial charge in [-0.25, -0.2) is 0 Å². The van der Waals surface area contributed by atoms with Crippen molar-refractivity contribution in [3.05, 3.63) is 20.3 Å². The van der Waals surface area contributed by atoms with E-state index in [0.29, 0.717) is 9.35 Å². The molecule has 0 aliphatic heterocycles. The largest absolute Gasteiger partial charge is 0.402 e. The van der Waals surface area contributed by atoms with E-state index in [1.165, 1.54) is 6.07 Å². The zero-order valence-corrected chi connectivity index (χ0v) is 11.8. The molecule has 0 saturated carbocycles. The Morgan fingerprint density at radius 3 is 1.89 bits per heavy atom. The van der Waals surface area contributed by atoms with Gasteiger partial charge >= 0.3 is 12.4 Å². The Morgan fingerprint density at radius 2 is 1.61 bits per heavy atom. The Bertz CT molecular complexity index is 390. The fourth-order valence-electron chi connectivity index (χ4n) is 1.30. The molecule has 0 aliphatic rings. The summed E-state index contributed by atoms with van der Waals surface area (Å²) in [6.45, 7) is 1.57. The third-order valence-corrected chi connectivity index (χ3v) is 4.98. The van der Waals surface area contributed by atoms with Gasteiger partial charge in [0.25, 0.3) is 0 Å². The van der Waals surface area contributed by atoms with E-state index >= 15 is 0 Å². The number of aryl methyl sites for hydroxylation is 1. The number of halogens is 8. The van der Waals surface area contributed by atoms with Crippen molar-refractivity contribution in [2.75, 3.05) is 0 Å². The average Bonchev–Trinajstić information content (AvgIpc) is 2.41. The fourth-order valence-corrected chi connectivity index (χ4v) is 3.36. The van der Waals surface area contributed by atoms with Crippen molar-refractivity contribution >= 4 is 38.9 Å². The minimum absolute atomic E-state index is 0.166. The molecule has 1 aromatic rings. The Kier molecular flexibility index (Phi) is 4.66. The zero-order chi connectivity index (χ0) is 14.3. The van der Waals surface area contributed by atoms with E-state index in [-0.39, 0.29) is 4.88 Å². The minimum Gasteiger partial charge on any atom is -0.170 e. The first-order valence-electron chi connectivity index (χ1n) is 4.48. The molecule has 9 heteroatoms. The van der Waals surface area contributed by atoms with Crippen molar-refractivity contribution < 1.29 is 26.3 Å². The lowest BCUT2D eigenvalue weighted by Gasteiger charge is -2.26. The Labute approximate surface area is 116 Å². The monoisotopic (exact) mass is 374 g/mol. The molecule has 0 nitrogen and oxygen atoms in total. The molecule has 0 aliphatic carbocycles. The number of hydrogen-bond donors (Lipinski definition) is 0. The summed E-state index contributed by atoms with van der Waals surface area (Å²) in [5.41, 5.74) is 0. The van der Waals surface area contributed by atoms with Gasteiger partial charge in [-0.15, -0.1) is 22.9 Å². The molecule has 0 N–H and O–H groups in total. The van der Waals surface area contributed by atoms with Crippen LogP contribution in [0.15, 0.2) is 10.5 Å². The minimum atomic E-state index is -5.44. The molecule has 0 saturated heterocycles. The molecule has 1 aromatic heterocycles. The highest BCUT2D eigenvalue weighted by molar-refractivity contribution is 9.10. The van der Waals surface area contributed by atoms with Crippen LogP contribution in [0.5, 0.6) is 0 Å². The molecule has 0 fully saturated rings. The van der Waals surface area contributed by atoms with Crippen LogP contribution < -0.4 is 0 Å². The molecule has 104 valence electrons. The van der Waals surface area contributed by atoms with Gasteiger partial charge in [0, 0.05) is 14.2 Å². The van der Waals surface area contributed by atoms with Gasteiger partial charge in [-0.2, -0.15) is 26.3 Å². The summed E-state index contributed by atoms with van der Waals surface area (Å²) >= 11 is 9.20. The molecule has 0 amide bonds. The Hall–Kier alpha value is 0.0500. The van der Waals surface area contributed by atoms with Gasteiger partial charge in [-0.3, -0.25) is 0 Å². The predicted molar refractivity (Wildman–Crippen MR) is 61.0 cm³/mol. The molecule has 0 spiro atoms. The summed E-state index contributed by atoms with van der Waals surface area (Å²) in [6.07, 6.45) is -10.9. The second-order valence-electron chi connectivity index (χ2n) is 3.52. The molecular formula is C9H6BrClF6S. The maximum atomic E-state index is 12.4. The predicted octanol–water partition coefficient (Wildman–Crippen LogP) is 5.84. The van der Waals surface area contributed by atoms with Crippen molar-refractivity contribution in [3.63, 3.8) is 0 Å². The zero-order valence-electron chi connectivity index (χ0n) is 8.66. The van der Waals surface area contributed by atoms with Crippen molar-refractivity contribution in [3.8, 4) is 0 Å². The maximum absolute atomic E-state index is 12.4. The summed E-state index contributed by atoms with van der Waals surface area (Å²) in [4.78, 5) is 0.402. The van der Waals surface area contributed by atoms with Gasteiger partial charge in [-0.05, 0) is 28.9 Å². The van der Waals surface area contributed by atoms with Gasteiger partial charge in [0.1, 0.15) is 0 Å². The standard InChI is InChI=1S/C9H6BrClF6S/c1-3-4(10)2-5(18-3)6(11)7(8(12,13)14)9(15,16)17/h2,6-7H,1H3. The summed E-state index contributed by atoms with van der Waals surface area (Å²) in [5, 5.41) is -2.18. The normalized spacial score (nSPS) is 15.2. The van der Waals surface area contributed by atoms with Crippen LogP contribution in [-0.4, -0.2) is 12.4 Å². The highest BCUT2D eigenvalue weighted by Crippen LogP contribution is 2.51. The lowest BCUT2D eigenvalue weighted by molar-refractivity contribution is -0.284. The highest BCUT2D eigenvalue weighted by atomic mass is 79.9. The molecular weight excluding hydrogens is 370 g/mol. The third kappa shape index (κ3) is 3.54. The number of thiophene rings is 1. The molecule has 1 unspecified atom stereocenters. The van der Waals surface area contributed by atoms with Gasteiger partial charge in [0.2, 0.25) is 0 Å². The molecule has 0 aromatic carbocycles. The SMILES string of the molecule is Cc1sc(C(Cl)C(C(F)(F)F)C(F)(F)F)cc1Br. The first-order chi connectivity index (χ1) is 7.94. The summed E-state index contributed by atoms with van der Waals surface area (Å²) in [5.74, 6) is -3.57. The molecule has 0 radical (unpaired) electrons. The first kappa shape index (κ1) is 16.1. The van der Waals surface area contributed by atoms with Crippen LogP contribution >= 0.6 is 38.9 Å². The van der Waals surface area contributed by atoms with Crippen molar-refractivity contribution in [1.29, 1.82) is 0 Å². The lowest BCUT2D eigenvalue weighted by atomic mass is 10.0. The van der Waals surface area contributed by atoms with Gasteiger partial charge in [0.05, 0.1) is 5.38 Å². The van der Waals surface area contributed by atoms with E-state index in [4.69, 9.17) is 11.6 Å². The molecule has 1 atom stereocenters. The summed E-state index contributed by atoms with van der Waals surface area (Å²) in [7, 11) is 0. The van der Waals surface area contributed by atoms with Gasteiger partial charge in [-0.1, -0.05) is 0 Å². The van der Waals surface area contributed by atoms with Crippen LogP contribution in [-0.2, 0) is 0 Å². The fraction of sp³-hybridized carbons (Fsp3) is 0.556. The Balaban J connectivity index is 3.15. The van der Waals surface area contributed by atoms with Crippen LogP contribution in [0.4, 0.5) is 26.3 Å². The van der Waals surface area contributed by atoms with E-state index in [0.717, 1.165) is 11.3 Å². The van der Waals surface area contributed by atoms with E-state index in [1.807, 2.05) is 0 Å². The number of alkyl halides is 7. The van der Waals surface area contributed by atoms with Crippen LogP contribution in [0.2, 0.25) is 0 Å². The second-order valence-corrected chi connectivity index (χ2v) is 6.13. The van der Waals surface area contributed by atoms with Crippen LogP contribution in [0.1, 0.15) is 15.1 Å². The van der Waals surface area contributed by atoms with E-state index in [2.05, 4.69) is 15.9 Å². The molecule has 1 rings (SSSR count). The number of rotatable bonds is 2. The lowest BCUT2D eigenvalue weighted by Crippen LogP contribution is -2.39. The van der Waals surface area contributed by atoms with Crippen LogP contribution in [0, 0.1) is 12.8 Å². The topological polar surface area (TPSA) is 0 Å². The van der Waals surface area contributed by atoms with Crippen molar-refractivity contribution in [2.24, 2.45) is 5.92 Å². The maximum Gasteiger partial charge on any atom is 0.402 e. The summed E-state index contributed by atoms with van der Waals surface area (Å²) in [6, 6.07) is 1.18. The van der Waals surface area contributed by atoms with Crippen molar-refractivity contribution in [1.82, 2.24) is 0 Å². The molecule has 0 bridgehead atoms. The van der Waals surface area contributed by atoms with Gasteiger partial charge in [0.15, 0.2) is 5.92 Å². The summed E-state index contributed by atoms with van der Waals surface area (Å²) < 4.78 is 75.1. The van der Waals surface area contributed by atoms with Crippen molar-refractivity contribution in [2.45, 2.75) is 24.7 Å². The van der Waals surface area contributed by atoms with E-state index < -0.39 is 23.6 Å². The van der Waals surface area contributed by atoms with Crippen LogP contribution in [0.25, 0.3) is 0 Å². The second kappa shape index (κ2) is 5.20. The third-order valence-electron chi connectivity index (χ3n) is 2.15. The molecule has 18 heavy (non-hydrogen) atoms. The smallest absolute Gasteiger partial charge is 0.170 e. The van der Waals surface area contributed by atoms with E-state index in [1.54, 1.807) is 6.92 Å². The number of hydrogen-bond acceptors (Lipinski definition) is 1. The van der Waals surface area contributed by atoms with E-state index in [9.17, 15) is 26.3 Å². The quantitative estimate of drug-likeness (QED) is 0.450. The highest BCUT2D eigenvalue weighted by Gasteiger charge is 2.60. The van der Waals surface area contributed by atoms with Gasteiger partial charge < -0.3 is 0 Å².